The Bertz CT molecular complexity index is 1690. The normalized spacial score (nSPS) is 12.4. The molecule has 0 bridgehead atoms. The van der Waals surface area contributed by atoms with E-state index in [9.17, 15) is 9.90 Å². The second-order valence-corrected chi connectivity index (χ2v) is 8.61. The van der Waals surface area contributed by atoms with Gasteiger partial charge >= 0.3 is 5.97 Å². The van der Waals surface area contributed by atoms with Gasteiger partial charge in [-0.3, -0.25) is 4.79 Å². The Labute approximate surface area is 211 Å². The van der Waals surface area contributed by atoms with E-state index in [4.69, 9.17) is 11.2 Å². The fourth-order valence-corrected chi connectivity index (χ4v) is 4.11. The number of methoxy groups -OCH3 is 1. The molecule has 172 valence electrons. The molecular weight excluding hydrogens is 444 g/mol. The van der Waals surface area contributed by atoms with Crippen molar-refractivity contribution in [1.82, 2.24) is 0 Å². The molecule has 0 aliphatic rings. The summed E-state index contributed by atoms with van der Waals surface area (Å²) in [6.07, 6.45) is 4.27. The van der Waals surface area contributed by atoms with E-state index < -0.39 is 17.5 Å². The smallest absolute Gasteiger partial charge is 0.313 e. The van der Waals surface area contributed by atoms with Crippen LogP contribution in [0.1, 0.15) is 25.3 Å². The molecule has 0 aromatic heterocycles. The molecule has 0 radical (unpaired) electrons. The van der Waals surface area contributed by atoms with E-state index in [2.05, 4.69) is 108 Å². The molecule has 2 unspecified atom stereocenters. The van der Waals surface area contributed by atoms with Crippen LogP contribution in [0.5, 0.6) is 0 Å². The number of hydrogen-bond donors (Lipinski definition) is 1. The summed E-state index contributed by atoms with van der Waals surface area (Å²) in [6, 6.07) is 19.0. The zero-order valence-corrected chi connectivity index (χ0v) is 20.0. The number of benzene rings is 4. The Morgan fingerprint density at radius 3 is 2.14 bits per heavy atom. The highest BCUT2D eigenvalue weighted by Gasteiger charge is 2.32. The van der Waals surface area contributed by atoms with Crippen molar-refractivity contribution in [3.63, 3.8) is 0 Å². The summed E-state index contributed by atoms with van der Waals surface area (Å²) in [5, 5.41) is 16.7. The number of hydrogen-bond acceptors (Lipinski definition) is 3. The van der Waals surface area contributed by atoms with Crippen molar-refractivity contribution in [2.75, 3.05) is 7.11 Å². The molecule has 3 nitrogen and oxygen atoms in total. The van der Waals surface area contributed by atoms with Gasteiger partial charge in [-0.2, -0.15) is 0 Å². The van der Waals surface area contributed by atoms with Crippen LogP contribution < -0.4 is 0 Å². The maximum absolute atomic E-state index is 12.2. The number of aliphatic hydroxyl groups excluding tert-OH is 1. The van der Waals surface area contributed by atoms with Crippen molar-refractivity contribution < 1.29 is 14.6 Å². The van der Waals surface area contributed by atoms with Gasteiger partial charge in [-0.05, 0) is 75.1 Å². The van der Waals surface area contributed by atoms with Crippen molar-refractivity contribution in [1.29, 1.82) is 0 Å². The van der Waals surface area contributed by atoms with Crippen LogP contribution in [-0.2, 0) is 9.53 Å². The van der Waals surface area contributed by atoms with Gasteiger partial charge in [0.2, 0.25) is 0 Å². The van der Waals surface area contributed by atoms with Gasteiger partial charge in [-0.25, -0.2) is 0 Å². The van der Waals surface area contributed by atoms with Gasteiger partial charge < -0.3 is 9.84 Å². The van der Waals surface area contributed by atoms with E-state index in [1.807, 2.05) is 0 Å². The van der Waals surface area contributed by atoms with Gasteiger partial charge in [0.25, 0.3) is 0 Å². The van der Waals surface area contributed by atoms with Gasteiger partial charge in [-0.1, -0.05) is 72.1 Å². The van der Waals surface area contributed by atoms with E-state index in [0.717, 1.165) is 16.3 Å². The van der Waals surface area contributed by atoms with Crippen molar-refractivity contribution in [3.8, 4) is 59.7 Å². The van der Waals surface area contributed by atoms with Gasteiger partial charge in [-0.15, -0.1) is 6.42 Å². The highest BCUT2D eigenvalue weighted by molar-refractivity contribution is 6.23. The van der Waals surface area contributed by atoms with Crippen LogP contribution in [0, 0.1) is 65.1 Å². The third kappa shape index (κ3) is 5.12. The van der Waals surface area contributed by atoms with E-state index in [-0.39, 0.29) is 12.8 Å². The maximum Gasteiger partial charge on any atom is 0.313 e. The highest BCUT2D eigenvalue weighted by atomic mass is 16.5. The molecule has 0 saturated carbocycles. The number of esters is 1. The number of ether oxygens (including phenoxy) is 1. The van der Waals surface area contributed by atoms with Crippen molar-refractivity contribution in [2.24, 2.45) is 5.41 Å². The van der Waals surface area contributed by atoms with Crippen LogP contribution in [0.2, 0.25) is 0 Å². The minimum absolute atomic E-state index is 0.149. The Kier molecular flexibility index (Phi) is 7.15. The van der Waals surface area contributed by atoms with Gasteiger partial charge in [0, 0.05) is 18.4 Å². The summed E-state index contributed by atoms with van der Waals surface area (Å²) in [5.41, 5.74) is -0.0744. The molecule has 0 aliphatic carbocycles. The first kappa shape index (κ1) is 24.3. The molecule has 4 aromatic rings. The number of terminal acetylenes is 1. The van der Waals surface area contributed by atoms with E-state index >= 15 is 0 Å². The van der Waals surface area contributed by atoms with Crippen LogP contribution in [0.25, 0.3) is 32.3 Å². The van der Waals surface area contributed by atoms with E-state index in [1.54, 1.807) is 6.92 Å². The Balaban J connectivity index is 1.51. The average molecular weight is 467 g/mol. The Hall–Kier alpha value is -4.85. The molecule has 0 amide bonds. The summed E-state index contributed by atoms with van der Waals surface area (Å²) in [7, 11) is 1.31. The molecule has 1 N–H and O–H groups in total. The van der Waals surface area contributed by atoms with Crippen LogP contribution in [-0.4, -0.2) is 24.3 Å². The van der Waals surface area contributed by atoms with Crippen LogP contribution in [0.3, 0.4) is 0 Å². The third-order valence-corrected chi connectivity index (χ3v) is 5.98. The standard InChI is InChI=1S/C33H22O3/c1-4-29(34)15-11-21-33(2,32(35)36-3)20-9-7-5-6-8-12-24-22-27-18-16-25-13-10-14-26-17-19-28(23-24)31(27)30(25)26/h1,10,13-14,16-19,22-23,29,34H,20-21H2,2-3H3. The molecule has 4 aromatic carbocycles. The first-order valence-electron chi connectivity index (χ1n) is 11.3. The first-order chi connectivity index (χ1) is 17.4. The molecule has 0 spiro atoms. The molecule has 2 atom stereocenters. The third-order valence-electron chi connectivity index (χ3n) is 5.98. The topological polar surface area (TPSA) is 46.5 Å². The summed E-state index contributed by atoms with van der Waals surface area (Å²) in [6.45, 7) is 1.70. The largest absolute Gasteiger partial charge is 0.469 e. The molecule has 0 heterocycles. The fraction of sp³-hybridized carbons (Fsp3) is 0.182. The van der Waals surface area contributed by atoms with Crippen molar-refractivity contribution >= 4 is 38.3 Å². The van der Waals surface area contributed by atoms with Crippen molar-refractivity contribution in [3.05, 3.63) is 60.2 Å². The average Bonchev–Trinajstić information content (AvgIpc) is 2.90. The van der Waals surface area contributed by atoms with Gasteiger partial charge in [0.15, 0.2) is 6.10 Å². The summed E-state index contributed by atoms with van der Waals surface area (Å²) in [4.78, 5) is 12.2. The molecule has 0 aliphatic heterocycles. The van der Waals surface area contributed by atoms with Gasteiger partial charge in [0.05, 0.1) is 12.5 Å². The molecular formula is C33H22O3. The lowest BCUT2D eigenvalue weighted by Crippen LogP contribution is -2.28. The quantitative estimate of drug-likeness (QED) is 0.265. The minimum Gasteiger partial charge on any atom is -0.469 e. The number of rotatable bonds is 3. The van der Waals surface area contributed by atoms with E-state index in [0.29, 0.717) is 0 Å². The lowest BCUT2D eigenvalue weighted by atomic mass is 9.83. The minimum atomic E-state index is -1.17. The zero-order valence-electron chi connectivity index (χ0n) is 20.0. The van der Waals surface area contributed by atoms with Crippen LogP contribution in [0.15, 0.2) is 54.6 Å². The molecule has 0 fully saturated rings. The van der Waals surface area contributed by atoms with E-state index in [1.165, 1.54) is 28.7 Å². The maximum atomic E-state index is 12.2. The van der Waals surface area contributed by atoms with Crippen molar-refractivity contribution in [2.45, 2.75) is 25.9 Å². The molecule has 3 heteroatoms. The Morgan fingerprint density at radius 2 is 1.50 bits per heavy atom. The summed E-state index contributed by atoms with van der Waals surface area (Å²) < 4.78 is 4.88. The summed E-state index contributed by atoms with van der Waals surface area (Å²) in [5.74, 6) is 23.9. The highest BCUT2D eigenvalue weighted by Crippen LogP contribution is 2.34. The fourth-order valence-electron chi connectivity index (χ4n) is 4.11. The monoisotopic (exact) mass is 466 g/mol. The SMILES string of the molecule is C#CC(O)C#CCC(C)(CC#CC#CC#Cc1cc2ccc3cccc4ccc(c1)c2c34)C(=O)OC. The predicted molar refractivity (Wildman–Crippen MR) is 145 cm³/mol. The van der Waals surface area contributed by atoms with Crippen LogP contribution >= 0.6 is 0 Å². The zero-order chi connectivity index (χ0) is 25.5. The molecule has 36 heavy (non-hydrogen) atoms. The number of carbonyl (C=O) groups is 1. The number of carbonyl (C=O) groups excluding carboxylic acids is 1. The predicted octanol–water partition coefficient (Wildman–Crippen LogP) is 4.90. The Morgan fingerprint density at radius 1 is 0.917 bits per heavy atom. The second-order valence-electron chi connectivity index (χ2n) is 8.61. The lowest BCUT2D eigenvalue weighted by Gasteiger charge is -2.21. The second kappa shape index (κ2) is 10.6. The van der Waals surface area contributed by atoms with Crippen LogP contribution in [0.4, 0.5) is 0 Å². The molecule has 0 saturated heterocycles. The number of aliphatic hydroxyl groups is 1. The molecule has 4 rings (SSSR count). The first-order valence-corrected chi connectivity index (χ1v) is 11.3. The summed E-state index contributed by atoms with van der Waals surface area (Å²) >= 11 is 0. The lowest BCUT2D eigenvalue weighted by molar-refractivity contribution is -0.151. The van der Waals surface area contributed by atoms with Gasteiger partial charge in [0.1, 0.15) is 0 Å².